The van der Waals surface area contributed by atoms with Gasteiger partial charge in [-0.15, -0.1) is 0 Å². The summed E-state index contributed by atoms with van der Waals surface area (Å²) >= 11 is 0. The van der Waals surface area contributed by atoms with Crippen molar-refractivity contribution in [1.29, 1.82) is 0 Å². The maximum Gasteiger partial charge on any atom is 0.314 e. The van der Waals surface area contributed by atoms with E-state index in [0.29, 0.717) is 25.6 Å². The van der Waals surface area contributed by atoms with E-state index in [1.807, 2.05) is 4.90 Å². The lowest BCUT2D eigenvalue weighted by Gasteiger charge is -2.26. The lowest BCUT2D eigenvalue weighted by Crippen LogP contribution is -2.42. The Morgan fingerprint density at radius 3 is 2.08 bits per heavy atom. The molecule has 0 spiro atoms. The van der Waals surface area contributed by atoms with Crippen molar-refractivity contribution in [3.8, 4) is 0 Å². The zero-order valence-electron chi connectivity index (χ0n) is 15.1. The molecule has 0 aromatic carbocycles. The minimum atomic E-state index is -0.322. The average Bonchev–Trinajstić information content (AvgIpc) is 2.63. The number of amides is 4. The highest BCUT2D eigenvalue weighted by Crippen LogP contribution is 2.17. The second-order valence-electron chi connectivity index (χ2n) is 7.03. The molecule has 1 aliphatic carbocycles. The molecule has 1 saturated heterocycles. The van der Waals surface area contributed by atoms with Crippen LogP contribution in [-0.2, 0) is 9.59 Å². The number of nitrogens with one attached hydrogen (secondary N) is 3. The molecule has 0 atom stereocenters. The molecule has 1 heterocycles. The number of hydrogen-bond donors (Lipinski definition) is 3. The Balaban J connectivity index is 1.48. The predicted octanol–water partition coefficient (Wildman–Crippen LogP) is 1.53. The van der Waals surface area contributed by atoms with Crippen LogP contribution in [0.3, 0.4) is 0 Å². The van der Waals surface area contributed by atoms with Gasteiger partial charge in [0.2, 0.25) is 11.8 Å². The first kappa shape index (κ1) is 19.5. The van der Waals surface area contributed by atoms with Gasteiger partial charge in [-0.05, 0) is 32.1 Å². The van der Waals surface area contributed by atoms with E-state index in [2.05, 4.69) is 16.0 Å². The highest BCUT2D eigenvalue weighted by atomic mass is 16.2. The van der Waals surface area contributed by atoms with E-state index in [4.69, 9.17) is 0 Å². The second kappa shape index (κ2) is 10.9. The highest BCUT2D eigenvalue weighted by molar-refractivity contribution is 5.79. The fraction of sp³-hybridized carbons (Fsp3) is 0.833. The number of carbonyl (C=O) groups is 3. The molecular weight excluding hydrogens is 320 g/mol. The number of nitrogens with zero attached hydrogens (tertiary/aromatic N) is 1. The van der Waals surface area contributed by atoms with Crippen LogP contribution < -0.4 is 16.0 Å². The fourth-order valence-corrected chi connectivity index (χ4v) is 3.48. The lowest BCUT2D eigenvalue weighted by atomic mass is 9.95. The topological polar surface area (TPSA) is 90.5 Å². The molecule has 7 nitrogen and oxygen atoms in total. The van der Waals surface area contributed by atoms with E-state index in [1.165, 1.54) is 25.7 Å². The van der Waals surface area contributed by atoms with E-state index >= 15 is 0 Å². The predicted molar refractivity (Wildman–Crippen MR) is 96.1 cm³/mol. The molecule has 0 aromatic rings. The van der Waals surface area contributed by atoms with Crippen molar-refractivity contribution in [2.45, 2.75) is 70.3 Å². The quantitative estimate of drug-likeness (QED) is 0.649. The Labute approximate surface area is 150 Å². The summed E-state index contributed by atoms with van der Waals surface area (Å²) in [7, 11) is 0. The molecule has 142 valence electrons. The summed E-state index contributed by atoms with van der Waals surface area (Å²) in [6, 6.07) is -0.0206. The van der Waals surface area contributed by atoms with Gasteiger partial charge in [0.25, 0.3) is 0 Å². The minimum absolute atomic E-state index is 0.00697. The third kappa shape index (κ3) is 7.75. The number of carbonyl (C=O) groups excluding carboxylic acids is 3. The Hall–Kier alpha value is -1.79. The summed E-state index contributed by atoms with van der Waals surface area (Å²) in [5, 5.41) is 8.37. The minimum Gasteiger partial charge on any atom is -0.353 e. The fourth-order valence-electron chi connectivity index (χ4n) is 3.48. The Morgan fingerprint density at radius 1 is 0.800 bits per heavy atom. The number of likely N-dealkylation sites (tertiary alicyclic amines) is 1. The Morgan fingerprint density at radius 2 is 1.40 bits per heavy atom. The normalized spacial score (nSPS) is 18.5. The number of rotatable bonds is 7. The van der Waals surface area contributed by atoms with Gasteiger partial charge in [0.05, 0.1) is 0 Å². The summed E-state index contributed by atoms with van der Waals surface area (Å²) in [5.41, 5.74) is 0. The molecule has 2 aliphatic rings. The van der Waals surface area contributed by atoms with Crippen LogP contribution in [0.4, 0.5) is 4.79 Å². The van der Waals surface area contributed by atoms with Gasteiger partial charge in [-0.3, -0.25) is 9.59 Å². The van der Waals surface area contributed by atoms with Crippen LogP contribution in [0.2, 0.25) is 0 Å². The van der Waals surface area contributed by atoms with Crippen LogP contribution in [0.15, 0.2) is 0 Å². The molecule has 7 heteroatoms. The summed E-state index contributed by atoms with van der Waals surface area (Å²) in [6.45, 7) is 2.31. The molecule has 0 aromatic heterocycles. The first-order chi connectivity index (χ1) is 12.1. The molecule has 3 N–H and O–H groups in total. The van der Waals surface area contributed by atoms with Crippen LogP contribution in [0.25, 0.3) is 0 Å². The van der Waals surface area contributed by atoms with Crippen molar-refractivity contribution >= 4 is 17.8 Å². The molecule has 1 saturated carbocycles. The lowest BCUT2D eigenvalue weighted by molar-refractivity contribution is -0.131. The largest absolute Gasteiger partial charge is 0.353 e. The summed E-state index contributed by atoms with van der Waals surface area (Å²) in [6.07, 6.45) is 9.70. The van der Waals surface area contributed by atoms with Crippen molar-refractivity contribution < 1.29 is 14.4 Å². The van der Waals surface area contributed by atoms with Gasteiger partial charge < -0.3 is 20.9 Å². The Kier molecular flexibility index (Phi) is 8.55. The number of urea groups is 1. The molecule has 1 aliphatic heterocycles. The standard InChI is InChI=1S/C18H32N4O3/c23-16(21-15-7-3-1-4-8-15)9-11-19-18(25)20-12-10-17(24)22-13-5-2-6-14-22/h15H,1-14H2,(H,21,23)(H2,19,20,25). The van der Waals surface area contributed by atoms with Gasteiger partial charge in [0.1, 0.15) is 0 Å². The van der Waals surface area contributed by atoms with Crippen molar-refractivity contribution in [3.63, 3.8) is 0 Å². The Bertz CT molecular complexity index is 444. The molecule has 0 bridgehead atoms. The van der Waals surface area contributed by atoms with Gasteiger partial charge in [-0.2, -0.15) is 0 Å². The van der Waals surface area contributed by atoms with Crippen molar-refractivity contribution in [1.82, 2.24) is 20.9 Å². The second-order valence-corrected chi connectivity index (χ2v) is 7.03. The first-order valence-corrected chi connectivity index (χ1v) is 9.74. The molecule has 0 unspecified atom stereocenters. The van der Waals surface area contributed by atoms with Crippen LogP contribution in [0.5, 0.6) is 0 Å². The molecule has 0 radical (unpaired) electrons. The summed E-state index contributed by atoms with van der Waals surface area (Å²) in [5.74, 6) is 0.0966. The monoisotopic (exact) mass is 352 g/mol. The third-order valence-electron chi connectivity index (χ3n) is 4.94. The first-order valence-electron chi connectivity index (χ1n) is 9.74. The maximum atomic E-state index is 12.0. The average molecular weight is 352 g/mol. The van der Waals surface area contributed by atoms with Crippen LogP contribution >= 0.6 is 0 Å². The van der Waals surface area contributed by atoms with E-state index in [1.54, 1.807) is 0 Å². The molecule has 25 heavy (non-hydrogen) atoms. The molecule has 2 rings (SSSR count). The van der Waals surface area contributed by atoms with Crippen molar-refractivity contribution in [2.24, 2.45) is 0 Å². The smallest absolute Gasteiger partial charge is 0.314 e. The zero-order chi connectivity index (χ0) is 17.9. The van der Waals surface area contributed by atoms with Gasteiger partial charge in [0, 0.05) is 45.1 Å². The van der Waals surface area contributed by atoms with Gasteiger partial charge in [0.15, 0.2) is 0 Å². The number of piperidine rings is 1. The molecule has 2 fully saturated rings. The van der Waals surface area contributed by atoms with E-state index in [-0.39, 0.29) is 24.3 Å². The van der Waals surface area contributed by atoms with Gasteiger partial charge in [-0.1, -0.05) is 19.3 Å². The van der Waals surface area contributed by atoms with Crippen LogP contribution in [0, 0.1) is 0 Å². The van der Waals surface area contributed by atoms with Crippen LogP contribution in [-0.4, -0.2) is 55.0 Å². The molecule has 4 amide bonds. The summed E-state index contributed by atoms with van der Waals surface area (Å²) < 4.78 is 0. The van der Waals surface area contributed by atoms with Crippen LogP contribution in [0.1, 0.15) is 64.2 Å². The molecular formula is C18H32N4O3. The van der Waals surface area contributed by atoms with E-state index < -0.39 is 0 Å². The summed E-state index contributed by atoms with van der Waals surface area (Å²) in [4.78, 5) is 37.4. The third-order valence-corrected chi connectivity index (χ3v) is 4.94. The highest BCUT2D eigenvalue weighted by Gasteiger charge is 2.17. The number of hydrogen-bond acceptors (Lipinski definition) is 3. The van der Waals surface area contributed by atoms with E-state index in [0.717, 1.165) is 38.8 Å². The van der Waals surface area contributed by atoms with Crippen molar-refractivity contribution in [2.75, 3.05) is 26.2 Å². The SMILES string of the molecule is O=C(CCNC(=O)NCCC(=O)N1CCCCC1)NC1CCCCC1. The van der Waals surface area contributed by atoms with Gasteiger partial charge in [-0.25, -0.2) is 4.79 Å². The maximum absolute atomic E-state index is 12.0. The van der Waals surface area contributed by atoms with Gasteiger partial charge >= 0.3 is 6.03 Å². The zero-order valence-corrected chi connectivity index (χ0v) is 15.1. The van der Waals surface area contributed by atoms with E-state index in [9.17, 15) is 14.4 Å². The van der Waals surface area contributed by atoms with Crippen molar-refractivity contribution in [3.05, 3.63) is 0 Å².